The van der Waals surface area contributed by atoms with E-state index in [0.29, 0.717) is 22.1 Å². The highest BCUT2D eigenvalue weighted by Crippen LogP contribution is 2.20. The summed E-state index contributed by atoms with van der Waals surface area (Å²) in [7, 11) is 0. The molecule has 0 aliphatic rings. The van der Waals surface area contributed by atoms with Crippen LogP contribution in [0.1, 0.15) is 9.67 Å². The molecule has 150 valence electrons. The van der Waals surface area contributed by atoms with Gasteiger partial charge in [0.05, 0.1) is 15.9 Å². The number of thiophene rings is 1. The average Bonchev–Trinajstić information content (AvgIpc) is 3.27. The first kappa shape index (κ1) is 20.3. The third-order valence-electron chi connectivity index (χ3n) is 3.77. The smallest absolute Gasteiger partial charge is 0.273 e. The van der Waals surface area contributed by atoms with Crippen molar-refractivity contribution in [2.45, 2.75) is 6.10 Å². The Kier molecular flexibility index (Phi) is 6.77. The molecule has 9 heteroatoms. The van der Waals surface area contributed by atoms with Crippen LogP contribution < -0.4 is 14.8 Å². The molecule has 1 aromatic heterocycles. The van der Waals surface area contributed by atoms with Crippen molar-refractivity contribution in [2.75, 3.05) is 18.5 Å². The Morgan fingerprint density at radius 1 is 1.07 bits per heavy atom. The van der Waals surface area contributed by atoms with E-state index < -0.39 is 11.0 Å². The van der Waals surface area contributed by atoms with E-state index >= 15 is 0 Å². The van der Waals surface area contributed by atoms with Gasteiger partial charge in [-0.1, -0.05) is 12.1 Å². The van der Waals surface area contributed by atoms with Crippen LogP contribution in [0.15, 0.2) is 66.0 Å². The number of nitro groups is 1. The number of nitrogens with one attached hydrogen (secondary N) is 1. The van der Waals surface area contributed by atoms with Crippen LogP contribution in [-0.2, 0) is 0 Å². The molecule has 0 saturated heterocycles. The van der Waals surface area contributed by atoms with Gasteiger partial charge < -0.3 is 19.9 Å². The predicted molar refractivity (Wildman–Crippen MR) is 109 cm³/mol. The second-order valence-electron chi connectivity index (χ2n) is 5.99. The first-order valence-corrected chi connectivity index (χ1v) is 9.52. The maximum Gasteiger partial charge on any atom is 0.273 e. The quantitative estimate of drug-likeness (QED) is 0.408. The number of carbonyl (C=O) groups is 1. The van der Waals surface area contributed by atoms with Crippen molar-refractivity contribution in [3.63, 3.8) is 0 Å². The molecule has 3 rings (SSSR count). The van der Waals surface area contributed by atoms with Crippen molar-refractivity contribution in [1.29, 1.82) is 0 Å². The van der Waals surface area contributed by atoms with Crippen LogP contribution in [0.5, 0.6) is 11.5 Å². The number of non-ortho nitro benzene ring substituents is 1. The Morgan fingerprint density at radius 2 is 1.79 bits per heavy atom. The zero-order valence-corrected chi connectivity index (χ0v) is 16.0. The first-order chi connectivity index (χ1) is 14.0. The minimum Gasteiger partial charge on any atom is -0.491 e. The van der Waals surface area contributed by atoms with E-state index in [4.69, 9.17) is 9.47 Å². The summed E-state index contributed by atoms with van der Waals surface area (Å²) in [6.07, 6.45) is -0.924. The number of amides is 1. The Morgan fingerprint density at radius 3 is 2.45 bits per heavy atom. The number of nitrogens with zero attached hydrogens (tertiary/aromatic N) is 1. The van der Waals surface area contributed by atoms with Gasteiger partial charge in [-0.15, -0.1) is 11.3 Å². The van der Waals surface area contributed by atoms with Gasteiger partial charge in [0.2, 0.25) is 0 Å². The molecule has 3 aromatic rings. The first-order valence-electron chi connectivity index (χ1n) is 8.64. The molecule has 0 saturated carbocycles. The van der Waals surface area contributed by atoms with E-state index in [9.17, 15) is 20.0 Å². The molecule has 1 heterocycles. The SMILES string of the molecule is O=C(Nc1ccc(OC[C@@H](O)COc2cccc([N+](=O)[O-])c2)cc1)c1cccs1. The molecule has 0 fully saturated rings. The summed E-state index contributed by atoms with van der Waals surface area (Å²) >= 11 is 1.36. The van der Waals surface area contributed by atoms with Gasteiger partial charge in [0, 0.05) is 11.8 Å². The van der Waals surface area contributed by atoms with Crippen LogP contribution in [0.25, 0.3) is 0 Å². The topological polar surface area (TPSA) is 111 Å². The zero-order valence-electron chi connectivity index (χ0n) is 15.2. The van der Waals surface area contributed by atoms with Crippen molar-refractivity contribution in [1.82, 2.24) is 0 Å². The minimum atomic E-state index is -0.924. The summed E-state index contributed by atoms with van der Waals surface area (Å²) in [6, 6.07) is 16.0. The molecule has 1 atom stereocenters. The fourth-order valence-electron chi connectivity index (χ4n) is 2.35. The van der Waals surface area contributed by atoms with E-state index in [1.54, 1.807) is 36.4 Å². The van der Waals surface area contributed by atoms with Gasteiger partial charge in [0.15, 0.2) is 0 Å². The van der Waals surface area contributed by atoms with Gasteiger partial charge >= 0.3 is 0 Å². The standard InChI is InChI=1S/C20H18N2O6S/c23-16(13-28-18-4-1-3-15(11-18)22(25)26)12-27-17-8-6-14(7-9-17)21-20(24)19-5-2-10-29-19/h1-11,16,23H,12-13H2,(H,21,24)/t16-/m1/s1. The average molecular weight is 414 g/mol. The number of anilines is 1. The lowest BCUT2D eigenvalue weighted by Gasteiger charge is -2.14. The normalized spacial score (nSPS) is 11.5. The van der Waals surface area contributed by atoms with Crippen molar-refractivity contribution in [3.05, 3.63) is 81.0 Å². The Labute approximate surface area is 170 Å². The fraction of sp³-hybridized carbons (Fsp3) is 0.150. The summed E-state index contributed by atoms with van der Waals surface area (Å²) < 4.78 is 10.9. The molecule has 2 N–H and O–H groups in total. The van der Waals surface area contributed by atoms with E-state index in [2.05, 4.69) is 5.32 Å². The highest BCUT2D eigenvalue weighted by Gasteiger charge is 2.11. The van der Waals surface area contributed by atoms with E-state index in [-0.39, 0.29) is 24.8 Å². The Balaban J connectivity index is 1.44. The van der Waals surface area contributed by atoms with Crippen LogP contribution in [0.2, 0.25) is 0 Å². The largest absolute Gasteiger partial charge is 0.491 e. The maximum atomic E-state index is 12.0. The fourth-order valence-corrected chi connectivity index (χ4v) is 2.97. The van der Waals surface area contributed by atoms with Crippen LogP contribution in [0.3, 0.4) is 0 Å². The van der Waals surface area contributed by atoms with Crippen molar-refractivity contribution < 1.29 is 24.3 Å². The zero-order chi connectivity index (χ0) is 20.6. The van der Waals surface area contributed by atoms with Crippen LogP contribution >= 0.6 is 11.3 Å². The molecule has 2 aromatic carbocycles. The Hall–Kier alpha value is -3.43. The molecule has 0 unspecified atom stereocenters. The van der Waals surface area contributed by atoms with E-state index in [1.165, 1.54) is 29.5 Å². The number of aliphatic hydroxyl groups is 1. The van der Waals surface area contributed by atoms with Crippen LogP contribution in [-0.4, -0.2) is 35.3 Å². The maximum absolute atomic E-state index is 12.0. The van der Waals surface area contributed by atoms with Gasteiger partial charge in [-0.2, -0.15) is 0 Å². The monoisotopic (exact) mass is 414 g/mol. The molecule has 29 heavy (non-hydrogen) atoms. The second kappa shape index (κ2) is 9.67. The van der Waals surface area contributed by atoms with Gasteiger partial charge in [-0.05, 0) is 41.8 Å². The number of benzene rings is 2. The lowest BCUT2D eigenvalue weighted by Crippen LogP contribution is -2.25. The third kappa shape index (κ3) is 6.03. The minimum absolute atomic E-state index is 0.0180. The lowest BCUT2D eigenvalue weighted by molar-refractivity contribution is -0.384. The number of ether oxygens (including phenoxy) is 2. The van der Waals surface area contributed by atoms with E-state index in [1.807, 2.05) is 11.4 Å². The van der Waals surface area contributed by atoms with E-state index in [0.717, 1.165) is 0 Å². The number of hydrogen-bond donors (Lipinski definition) is 2. The lowest BCUT2D eigenvalue weighted by atomic mass is 10.3. The molecule has 0 spiro atoms. The summed E-state index contributed by atoms with van der Waals surface area (Å²) in [4.78, 5) is 22.9. The van der Waals surface area contributed by atoms with Crippen LogP contribution in [0.4, 0.5) is 11.4 Å². The van der Waals surface area contributed by atoms with Gasteiger partial charge in [-0.3, -0.25) is 14.9 Å². The van der Waals surface area contributed by atoms with Gasteiger partial charge in [-0.25, -0.2) is 0 Å². The molecule has 0 aliphatic heterocycles. The summed E-state index contributed by atoms with van der Waals surface area (Å²) in [5, 5.41) is 25.4. The molecule has 1 amide bonds. The molecule has 0 aliphatic carbocycles. The highest BCUT2D eigenvalue weighted by molar-refractivity contribution is 7.12. The molecule has 0 radical (unpaired) electrons. The molecular formula is C20H18N2O6S. The molecule has 8 nitrogen and oxygen atoms in total. The third-order valence-corrected chi connectivity index (χ3v) is 4.64. The molecule has 0 bridgehead atoms. The van der Waals surface area contributed by atoms with Crippen molar-refractivity contribution in [2.24, 2.45) is 0 Å². The highest BCUT2D eigenvalue weighted by atomic mass is 32.1. The number of hydrogen-bond acceptors (Lipinski definition) is 7. The predicted octanol–water partition coefficient (Wildman–Crippen LogP) is 3.73. The van der Waals surface area contributed by atoms with Crippen molar-refractivity contribution >= 4 is 28.6 Å². The Bertz CT molecular complexity index is 959. The number of nitro benzene ring substituents is 1. The van der Waals surface area contributed by atoms with Crippen LogP contribution in [0, 0.1) is 10.1 Å². The summed E-state index contributed by atoms with van der Waals surface area (Å²) in [5.41, 5.74) is 0.546. The van der Waals surface area contributed by atoms with Crippen molar-refractivity contribution in [3.8, 4) is 11.5 Å². The second-order valence-corrected chi connectivity index (χ2v) is 6.93. The summed E-state index contributed by atoms with van der Waals surface area (Å²) in [5.74, 6) is 0.639. The van der Waals surface area contributed by atoms with Gasteiger partial charge in [0.1, 0.15) is 30.8 Å². The molecular weight excluding hydrogens is 396 g/mol. The number of carbonyl (C=O) groups excluding carboxylic acids is 1. The number of aliphatic hydroxyl groups excluding tert-OH is 1. The summed E-state index contributed by atoms with van der Waals surface area (Å²) in [6.45, 7) is -0.0913. The number of rotatable bonds is 9. The van der Waals surface area contributed by atoms with Gasteiger partial charge in [0.25, 0.3) is 11.6 Å².